The first-order valence-electron chi connectivity index (χ1n) is 9.35. The van der Waals surface area contributed by atoms with Crippen molar-refractivity contribution in [3.05, 3.63) is 63.2 Å². The van der Waals surface area contributed by atoms with E-state index in [0.29, 0.717) is 17.5 Å². The third-order valence-electron chi connectivity index (χ3n) is 5.25. The van der Waals surface area contributed by atoms with E-state index in [1.807, 2.05) is 64.5 Å². The van der Waals surface area contributed by atoms with Crippen molar-refractivity contribution in [2.75, 3.05) is 26.0 Å². The van der Waals surface area contributed by atoms with Gasteiger partial charge in [0.25, 0.3) is 11.5 Å². The molecule has 0 bridgehead atoms. The fraction of sp³-hybridized carbons (Fsp3) is 0.273. The third-order valence-corrected chi connectivity index (χ3v) is 5.25. The van der Waals surface area contributed by atoms with Crippen molar-refractivity contribution in [1.82, 2.24) is 14.5 Å². The van der Waals surface area contributed by atoms with E-state index in [1.165, 1.54) is 0 Å². The molecular weight excluding hydrogens is 352 g/mol. The van der Waals surface area contributed by atoms with Crippen LogP contribution in [0, 0.1) is 13.8 Å². The number of hydrogen-bond donors (Lipinski definition) is 2. The number of rotatable bonds is 4. The smallest absolute Gasteiger partial charge is 0.260 e. The Labute approximate surface area is 163 Å². The number of hydrogen-bond acceptors (Lipinski definition) is 3. The molecule has 0 atom stereocenters. The quantitative estimate of drug-likeness (QED) is 0.688. The molecule has 3 aromatic rings. The second-order valence-corrected chi connectivity index (χ2v) is 7.63. The van der Waals surface area contributed by atoms with E-state index in [9.17, 15) is 9.59 Å². The Morgan fingerprint density at radius 3 is 2.68 bits per heavy atom. The van der Waals surface area contributed by atoms with Crippen molar-refractivity contribution in [3.63, 3.8) is 0 Å². The zero-order valence-electron chi connectivity index (χ0n) is 16.6. The van der Waals surface area contributed by atoms with Gasteiger partial charge >= 0.3 is 0 Å². The number of amides is 1. The number of pyridine rings is 1. The molecule has 1 aliphatic heterocycles. The number of benzene rings is 1. The number of fused-ring (bicyclic) bond motifs is 2. The van der Waals surface area contributed by atoms with E-state index in [2.05, 4.69) is 15.2 Å². The molecule has 2 N–H and O–H groups in total. The number of anilines is 1. The lowest BCUT2D eigenvalue weighted by atomic mass is 10.0. The number of nitrogens with zero attached hydrogens (tertiary/aromatic N) is 2. The zero-order valence-corrected chi connectivity index (χ0v) is 16.6. The summed E-state index contributed by atoms with van der Waals surface area (Å²) in [6, 6.07) is 7.83. The molecule has 0 aliphatic carbocycles. The van der Waals surface area contributed by atoms with Gasteiger partial charge in [0.1, 0.15) is 0 Å². The van der Waals surface area contributed by atoms with Gasteiger partial charge in [0, 0.05) is 36.2 Å². The van der Waals surface area contributed by atoms with E-state index >= 15 is 0 Å². The summed E-state index contributed by atoms with van der Waals surface area (Å²) < 4.78 is 1.74. The molecule has 6 heteroatoms. The van der Waals surface area contributed by atoms with Crippen molar-refractivity contribution >= 4 is 34.1 Å². The van der Waals surface area contributed by atoms with Gasteiger partial charge in [-0.3, -0.25) is 9.59 Å². The summed E-state index contributed by atoms with van der Waals surface area (Å²) in [5, 5.41) is 3.58. The van der Waals surface area contributed by atoms with Crippen LogP contribution in [0.5, 0.6) is 0 Å². The van der Waals surface area contributed by atoms with Crippen molar-refractivity contribution in [1.29, 1.82) is 0 Å². The predicted molar refractivity (Wildman–Crippen MR) is 114 cm³/mol. The van der Waals surface area contributed by atoms with Crippen LogP contribution >= 0.6 is 0 Å². The predicted octanol–water partition coefficient (Wildman–Crippen LogP) is 3.00. The van der Waals surface area contributed by atoms with Gasteiger partial charge in [-0.25, -0.2) is 0 Å². The molecule has 1 aliphatic rings. The maximum Gasteiger partial charge on any atom is 0.260 e. The molecular formula is C22H24N4O2. The lowest BCUT2D eigenvalue weighted by Crippen LogP contribution is -2.26. The van der Waals surface area contributed by atoms with Crippen LogP contribution in [0.25, 0.3) is 22.6 Å². The van der Waals surface area contributed by atoms with Gasteiger partial charge in [-0.2, -0.15) is 0 Å². The summed E-state index contributed by atoms with van der Waals surface area (Å²) in [6.07, 6.45) is 3.67. The Bertz CT molecular complexity index is 1180. The van der Waals surface area contributed by atoms with E-state index in [4.69, 9.17) is 0 Å². The molecule has 0 unspecified atom stereocenters. The maximum atomic E-state index is 12.9. The second kappa shape index (κ2) is 6.80. The number of carbonyl (C=O) groups excluding carboxylic acids is 1. The molecule has 3 heterocycles. The van der Waals surface area contributed by atoms with Crippen molar-refractivity contribution in [3.8, 4) is 0 Å². The van der Waals surface area contributed by atoms with Crippen LogP contribution in [0.4, 0.5) is 5.69 Å². The Morgan fingerprint density at radius 1 is 1.14 bits per heavy atom. The molecule has 144 valence electrons. The van der Waals surface area contributed by atoms with E-state index in [0.717, 1.165) is 40.1 Å². The number of aryl methyl sites for hydroxylation is 2. The van der Waals surface area contributed by atoms with Crippen molar-refractivity contribution in [2.45, 2.75) is 20.4 Å². The van der Waals surface area contributed by atoms with Gasteiger partial charge in [-0.1, -0.05) is 11.6 Å². The maximum absolute atomic E-state index is 12.9. The molecule has 0 saturated heterocycles. The van der Waals surface area contributed by atoms with E-state index in [1.54, 1.807) is 4.57 Å². The summed E-state index contributed by atoms with van der Waals surface area (Å²) >= 11 is 0. The lowest BCUT2D eigenvalue weighted by molar-refractivity contribution is -0.110. The van der Waals surface area contributed by atoms with Crippen LogP contribution in [-0.4, -0.2) is 41.0 Å². The van der Waals surface area contributed by atoms with E-state index in [-0.39, 0.29) is 11.5 Å². The highest BCUT2D eigenvalue weighted by atomic mass is 16.2. The molecule has 0 fully saturated rings. The topological polar surface area (TPSA) is 70.1 Å². The first-order valence-corrected chi connectivity index (χ1v) is 9.35. The molecule has 0 spiro atoms. The summed E-state index contributed by atoms with van der Waals surface area (Å²) in [5.41, 5.74) is 5.86. The van der Waals surface area contributed by atoms with Gasteiger partial charge in [0.2, 0.25) is 0 Å². The molecule has 0 saturated carbocycles. The van der Waals surface area contributed by atoms with Gasteiger partial charge in [0.05, 0.1) is 16.5 Å². The standard InChI is InChI=1S/C22H24N4O2/c1-13-5-6-17-15(11-13)16(21(27)24-17)12-19-14(2)20-18(23-19)7-8-26(22(20)28)10-9-25(3)4/h5-8,11-12,23H,9-10H2,1-4H3,(H,24,27)/b16-12-. The third kappa shape index (κ3) is 3.05. The molecule has 28 heavy (non-hydrogen) atoms. The summed E-state index contributed by atoms with van der Waals surface area (Å²) in [5.74, 6) is -0.123. The Balaban J connectivity index is 1.81. The Morgan fingerprint density at radius 2 is 1.93 bits per heavy atom. The van der Waals surface area contributed by atoms with Gasteiger partial charge < -0.3 is 19.8 Å². The van der Waals surface area contributed by atoms with Crippen LogP contribution in [0.15, 0.2) is 35.3 Å². The molecule has 0 radical (unpaired) electrons. The first-order chi connectivity index (χ1) is 13.3. The highest BCUT2D eigenvalue weighted by molar-refractivity contribution is 6.35. The van der Waals surface area contributed by atoms with Gasteiger partial charge in [-0.05, 0) is 57.8 Å². The van der Waals surface area contributed by atoms with Gasteiger partial charge in [0.15, 0.2) is 0 Å². The fourth-order valence-corrected chi connectivity index (χ4v) is 3.63. The minimum Gasteiger partial charge on any atom is -0.355 e. The molecule has 1 amide bonds. The molecule has 4 rings (SSSR count). The monoisotopic (exact) mass is 376 g/mol. The number of likely N-dealkylation sites (N-methyl/N-ethyl adjacent to an activating group) is 1. The number of nitrogens with one attached hydrogen (secondary N) is 2. The number of aromatic amines is 1. The highest BCUT2D eigenvalue weighted by Gasteiger charge is 2.24. The lowest BCUT2D eigenvalue weighted by Gasteiger charge is -2.11. The largest absolute Gasteiger partial charge is 0.355 e. The minimum absolute atomic E-state index is 0.00938. The van der Waals surface area contributed by atoms with Crippen LogP contribution in [0.2, 0.25) is 0 Å². The summed E-state index contributed by atoms with van der Waals surface area (Å²) in [7, 11) is 3.98. The SMILES string of the molecule is Cc1ccc2c(c1)/C(=C/c1[nH]c3ccn(CCN(C)C)c(=O)c3c1C)C(=O)N2. The van der Waals surface area contributed by atoms with Crippen LogP contribution in [0.3, 0.4) is 0 Å². The average Bonchev–Trinajstić information content (AvgIpc) is 3.12. The second-order valence-electron chi connectivity index (χ2n) is 7.63. The average molecular weight is 376 g/mol. The van der Waals surface area contributed by atoms with E-state index < -0.39 is 0 Å². The minimum atomic E-state index is -0.123. The van der Waals surface area contributed by atoms with Crippen molar-refractivity contribution in [2.24, 2.45) is 0 Å². The zero-order chi connectivity index (χ0) is 20.0. The molecule has 1 aromatic carbocycles. The first kappa shape index (κ1) is 18.3. The summed E-state index contributed by atoms with van der Waals surface area (Å²) in [6.45, 7) is 5.36. The number of H-pyrrole nitrogens is 1. The Kier molecular flexibility index (Phi) is 4.43. The van der Waals surface area contributed by atoms with Gasteiger partial charge in [-0.15, -0.1) is 0 Å². The fourth-order valence-electron chi connectivity index (χ4n) is 3.63. The van der Waals surface area contributed by atoms with Crippen LogP contribution in [-0.2, 0) is 11.3 Å². The summed E-state index contributed by atoms with van der Waals surface area (Å²) in [4.78, 5) is 30.8. The normalized spacial score (nSPS) is 14.9. The number of carbonyl (C=O) groups is 1. The highest BCUT2D eigenvalue weighted by Crippen LogP contribution is 2.34. The van der Waals surface area contributed by atoms with Crippen LogP contribution < -0.4 is 10.9 Å². The molecule has 6 nitrogen and oxygen atoms in total. The molecule has 2 aromatic heterocycles. The van der Waals surface area contributed by atoms with Crippen LogP contribution in [0.1, 0.15) is 22.4 Å². The number of aromatic nitrogens is 2. The Hall–Kier alpha value is -3.12. The van der Waals surface area contributed by atoms with Crippen molar-refractivity contribution < 1.29 is 4.79 Å².